The summed E-state index contributed by atoms with van der Waals surface area (Å²) in [6.07, 6.45) is 0.829. The Hall–Kier alpha value is -3.33. The summed E-state index contributed by atoms with van der Waals surface area (Å²) in [7, 11) is 3.16. The SMILES string of the molecule is CCOC(=O)C1=C(C)N=C2C[C@H](c3ccc(OC)c(OC)c3)CC(=O)C2[C@H]1c1cc(Br)c(O)c(OCC)c1. The van der Waals surface area contributed by atoms with Crippen molar-refractivity contribution in [2.24, 2.45) is 10.9 Å². The molecule has 9 heteroatoms. The van der Waals surface area contributed by atoms with E-state index in [4.69, 9.17) is 23.9 Å². The van der Waals surface area contributed by atoms with Crippen molar-refractivity contribution in [1.29, 1.82) is 0 Å². The highest BCUT2D eigenvalue weighted by molar-refractivity contribution is 9.10. The van der Waals surface area contributed by atoms with E-state index < -0.39 is 17.8 Å². The molecule has 8 nitrogen and oxygen atoms in total. The predicted octanol–water partition coefficient (Wildman–Crippen LogP) is 5.71. The number of allylic oxidation sites excluding steroid dienone is 1. The van der Waals surface area contributed by atoms with Crippen molar-refractivity contribution in [3.63, 3.8) is 0 Å². The fourth-order valence-corrected chi connectivity index (χ4v) is 5.85. The van der Waals surface area contributed by atoms with Crippen LogP contribution >= 0.6 is 15.9 Å². The number of methoxy groups -OCH3 is 2. The molecular formula is C29H32BrNO7. The number of ether oxygens (including phenoxy) is 4. The van der Waals surface area contributed by atoms with Crippen LogP contribution in [-0.4, -0.2) is 50.0 Å². The maximum atomic E-state index is 13.9. The fraction of sp³-hybridized carbons (Fsp3) is 0.414. The molecule has 0 spiro atoms. The molecule has 1 fully saturated rings. The zero-order valence-corrected chi connectivity index (χ0v) is 23.8. The van der Waals surface area contributed by atoms with Gasteiger partial charge in [-0.2, -0.15) is 0 Å². The number of aliphatic imine (C=N–C) groups is 1. The molecule has 1 saturated carbocycles. The average molecular weight is 586 g/mol. The van der Waals surface area contributed by atoms with Gasteiger partial charge >= 0.3 is 5.97 Å². The third-order valence-corrected chi connectivity index (χ3v) is 7.64. The first kappa shape index (κ1) is 27.7. The number of hydrogen-bond acceptors (Lipinski definition) is 8. The molecule has 2 aromatic rings. The van der Waals surface area contributed by atoms with E-state index in [9.17, 15) is 14.7 Å². The van der Waals surface area contributed by atoms with Gasteiger partial charge in [-0.15, -0.1) is 0 Å². The van der Waals surface area contributed by atoms with Crippen LogP contribution in [0.4, 0.5) is 0 Å². The molecule has 0 amide bonds. The molecule has 202 valence electrons. The highest BCUT2D eigenvalue weighted by atomic mass is 79.9. The van der Waals surface area contributed by atoms with E-state index in [1.54, 1.807) is 40.2 Å². The molecule has 0 bridgehead atoms. The third kappa shape index (κ3) is 5.16. The summed E-state index contributed by atoms with van der Waals surface area (Å²) >= 11 is 3.41. The van der Waals surface area contributed by atoms with Crippen LogP contribution in [0.5, 0.6) is 23.0 Å². The van der Waals surface area contributed by atoms with E-state index in [2.05, 4.69) is 15.9 Å². The highest BCUT2D eigenvalue weighted by Crippen LogP contribution is 2.49. The molecule has 1 aliphatic carbocycles. The van der Waals surface area contributed by atoms with Gasteiger partial charge in [0.1, 0.15) is 5.78 Å². The van der Waals surface area contributed by atoms with Gasteiger partial charge in [0.15, 0.2) is 23.0 Å². The number of benzene rings is 2. The van der Waals surface area contributed by atoms with E-state index in [1.807, 2.05) is 25.1 Å². The molecule has 38 heavy (non-hydrogen) atoms. The Morgan fingerprint density at radius 2 is 1.71 bits per heavy atom. The van der Waals surface area contributed by atoms with E-state index in [0.29, 0.717) is 45.8 Å². The van der Waals surface area contributed by atoms with E-state index in [-0.39, 0.29) is 36.2 Å². The summed E-state index contributed by atoms with van der Waals surface area (Å²) in [4.78, 5) is 31.8. The van der Waals surface area contributed by atoms with Crippen LogP contribution in [-0.2, 0) is 14.3 Å². The topological polar surface area (TPSA) is 104 Å². The predicted molar refractivity (Wildman–Crippen MR) is 147 cm³/mol. The van der Waals surface area contributed by atoms with Crippen molar-refractivity contribution >= 4 is 33.4 Å². The zero-order valence-electron chi connectivity index (χ0n) is 22.2. The van der Waals surface area contributed by atoms with Gasteiger partial charge in [-0.05, 0) is 84.4 Å². The lowest BCUT2D eigenvalue weighted by molar-refractivity contribution is -0.139. The monoisotopic (exact) mass is 585 g/mol. The molecule has 1 aliphatic heterocycles. The molecule has 2 aliphatic rings. The van der Waals surface area contributed by atoms with Gasteiger partial charge in [-0.25, -0.2) is 4.79 Å². The quantitative estimate of drug-likeness (QED) is 0.396. The van der Waals surface area contributed by atoms with Crippen molar-refractivity contribution in [2.45, 2.75) is 45.4 Å². The number of esters is 1. The van der Waals surface area contributed by atoms with Crippen LogP contribution in [0, 0.1) is 5.92 Å². The smallest absolute Gasteiger partial charge is 0.336 e. The van der Waals surface area contributed by atoms with E-state index >= 15 is 0 Å². The van der Waals surface area contributed by atoms with Crippen molar-refractivity contribution in [3.8, 4) is 23.0 Å². The van der Waals surface area contributed by atoms with Gasteiger partial charge in [-0.1, -0.05) is 6.07 Å². The first-order chi connectivity index (χ1) is 18.2. The second-order valence-corrected chi connectivity index (χ2v) is 10.1. The van der Waals surface area contributed by atoms with Crippen molar-refractivity contribution < 1.29 is 33.6 Å². The number of hydrogen-bond donors (Lipinski definition) is 1. The Kier molecular flexibility index (Phi) is 8.45. The van der Waals surface area contributed by atoms with Crippen LogP contribution in [0.3, 0.4) is 0 Å². The Morgan fingerprint density at radius 1 is 1.00 bits per heavy atom. The molecule has 0 radical (unpaired) electrons. The summed E-state index contributed by atoms with van der Waals surface area (Å²) in [6, 6.07) is 9.10. The second-order valence-electron chi connectivity index (χ2n) is 9.25. The molecule has 0 saturated heterocycles. The van der Waals surface area contributed by atoms with Crippen molar-refractivity contribution in [3.05, 3.63) is 57.2 Å². The third-order valence-electron chi connectivity index (χ3n) is 7.04. The highest BCUT2D eigenvalue weighted by Gasteiger charge is 2.46. The molecule has 4 rings (SSSR count). The lowest BCUT2D eigenvalue weighted by atomic mass is 9.66. The fourth-order valence-electron chi connectivity index (χ4n) is 5.39. The minimum atomic E-state index is -0.639. The van der Waals surface area contributed by atoms with E-state index in [1.165, 1.54) is 0 Å². The number of ketones is 1. The summed E-state index contributed by atoms with van der Waals surface area (Å²) in [5.74, 6) is -0.438. The molecule has 1 N–H and O–H groups in total. The summed E-state index contributed by atoms with van der Waals surface area (Å²) in [6.45, 7) is 5.87. The Balaban J connectivity index is 1.81. The van der Waals surface area contributed by atoms with Crippen molar-refractivity contribution in [2.75, 3.05) is 27.4 Å². The van der Waals surface area contributed by atoms with Crippen LogP contribution < -0.4 is 14.2 Å². The van der Waals surface area contributed by atoms with Crippen LogP contribution in [0.15, 0.2) is 51.1 Å². The van der Waals surface area contributed by atoms with Gasteiger partial charge < -0.3 is 24.1 Å². The van der Waals surface area contributed by atoms with Crippen LogP contribution in [0.1, 0.15) is 56.6 Å². The summed E-state index contributed by atoms with van der Waals surface area (Å²) < 4.78 is 22.3. The van der Waals surface area contributed by atoms with Gasteiger partial charge in [0.05, 0.1) is 43.4 Å². The first-order valence-corrected chi connectivity index (χ1v) is 13.4. The number of rotatable bonds is 8. The number of nitrogens with zero attached hydrogens (tertiary/aromatic N) is 1. The molecule has 1 heterocycles. The summed E-state index contributed by atoms with van der Waals surface area (Å²) in [5, 5.41) is 10.5. The Morgan fingerprint density at radius 3 is 2.37 bits per heavy atom. The summed E-state index contributed by atoms with van der Waals surface area (Å²) in [5.41, 5.74) is 3.20. The van der Waals surface area contributed by atoms with E-state index in [0.717, 1.165) is 11.3 Å². The number of phenolic OH excluding ortho intramolecular Hbond substituents is 1. The minimum absolute atomic E-state index is 0.0174. The normalized spacial score (nSPS) is 20.9. The average Bonchev–Trinajstić information content (AvgIpc) is 2.89. The van der Waals surface area contributed by atoms with Crippen LogP contribution in [0.25, 0.3) is 0 Å². The number of aromatic hydroxyl groups is 1. The van der Waals surface area contributed by atoms with Gasteiger partial charge in [0.2, 0.25) is 0 Å². The lowest BCUT2D eigenvalue weighted by Crippen LogP contribution is -2.41. The molecule has 1 unspecified atom stereocenters. The number of halogens is 1. The van der Waals surface area contributed by atoms with Crippen LogP contribution in [0.2, 0.25) is 0 Å². The Bertz CT molecular complexity index is 1320. The lowest BCUT2D eigenvalue weighted by Gasteiger charge is -2.38. The van der Waals surface area contributed by atoms with Gasteiger partial charge in [-0.3, -0.25) is 9.79 Å². The zero-order chi connectivity index (χ0) is 27.6. The van der Waals surface area contributed by atoms with Gasteiger partial charge in [0, 0.05) is 23.7 Å². The standard InChI is InChI=1S/C29H32BrNO7/c1-6-37-24-14-18(10-19(30)28(24)33)26-25(29(34)38-7-2)15(3)31-20-11-17(12-21(32)27(20)26)16-8-9-22(35-4)23(13-16)36-5/h8-10,13-14,17,26-27,33H,6-7,11-12H2,1-5H3/t17-,26-,27?/m0/s1. The maximum absolute atomic E-state index is 13.9. The molecule has 3 atom stereocenters. The number of Topliss-reactive ketones (excluding diaryl/α,β-unsaturated/α-hetero) is 1. The molecule has 0 aromatic heterocycles. The Labute approximate surface area is 230 Å². The number of carbonyl (C=O) groups is 2. The number of fused-ring (bicyclic) bond motifs is 1. The second kappa shape index (κ2) is 11.6. The molecular weight excluding hydrogens is 554 g/mol. The maximum Gasteiger partial charge on any atom is 0.336 e. The largest absolute Gasteiger partial charge is 0.503 e. The number of carbonyl (C=O) groups excluding carboxylic acids is 2. The van der Waals surface area contributed by atoms with Crippen molar-refractivity contribution in [1.82, 2.24) is 0 Å². The van der Waals surface area contributed by atoms with Gasteiger partial charge in [0.25, 0.3) is 0 Å². The minimum Gasteiger partial charge on any atom is -0.503 e. The molecule has 2 aromatic carbocycles. The number of phenols is 1. The first-order valence-electron chi connectivity index (χ1n) is 12.6.